The third-order valence-corrected chi connectivity index (χ3v) is 2.90. The maximum Gasteiger partial charge on any atom is 0.170 e. The van der Waals surface area contributed by atoms with Crippen LogP contribution >= 0.6 is 0 Å². The van der Waals surface area contributed by atoms with Crippen molar-refractivity contribution < 1.29 is 9.59 Å². The Hall–Kier alpha value is -2.42. The molecule has 1 aromatic rings. The summed E-state index contributed by atoms with van der Waals surface area (Å²) in [5.41, 5.74) is 1.52. The Morgan fingerprint density at radius 1 is 1.15 bits per heavy atom. The fourth-order valence-electron chi connectivity index (χ4n) is 1.96. The van der Waals surface area contributed by atoms with Gasteiger partial charge in [-0.3, -0.25) is 9.59 Å². The summed E-state index contributed by atoms with van der Waals surface area (Å²) >= 11 is 0. The summed E-state index contributed by atoms with van der Waals surface area (Å²) in [5.74, 6) is -1.44. The van der Waals surface area contributed by atoms with E-state index in [2.05, 4.69) is 13.2 Å². The van der Waals surface area contributed by atoms with Crippen molar-refractivity contribution in [2.45, 2.75) is 5.92 Å². The van der Waals surface area contributed by atoms with Crippen LogP contribution in [0.5, 0.6) is 0 Å². The lowest BCUT2D eigenvalue weighted by atomic mass is 9.88. The van der Waals surface area contributed by atoms with Gasteiger partial charge in [-0.2, -0.15) is 0 Å². The lowest BCUT2D eigenvalue weighted by molar-refractivity contribution is -0.124. The minimum atomic E-state index is -0.859. The molecular weight excluding hydrogens is 250 g/mol. The van der Waals surface area contributed by atoms with Gasteiger partial charge in [0.1, 0.15) is 5.92 Å². The molecule has 1 aromatic carbocycles. The van der Waals surface area contributed by atoms with Gasteiger partial charge in [-0.25, -0.2) is 0 Å². The highest BCUT2D eigenvalue weighted by Gasteiger charge is 2.27. The Labute approximate surface area is 119 Å². The quantitative estimate of drug-likeness (QED) is 0.434. The van der Waals surface area contributed by atoms with Crippen molar-refractivity contribution >= 4 is 17.3 Å². The smallest absolute Gasteiger partial charge is 0.170 e. The maximum atomic E-state index is 12.3. The molecule has 0 aliphatic heterocycles. The van der Waals surface area contributed by atoms with Gasteiger partial charge < -0.3 is 4.90 Å². The Morgan fingerprint density at radius 3 is 2.35 bits per heavy atom. The number of ketones is 2. The monoisotopic (exact) mass is 269 g/mol. The first-order valence-corrected chi connectivity index (χ1v) is 6.28. The van der Waals surface area contributed by atoms with E-state index in [4.69, 9.17) is 0 Å². The lowest BCUT2D eigenvalue weighted by Crippen LogP contribution is -2.22. The molecule has 0 N–H and O–H groups in total. The molecule has 0 amide bonds. The highest BCUT2D eigenvalue weighted by atomic mass is 16.1. The summed E-state index contributed by atoms with van der Waals surface area (Å²) in [6.07, 6.45) is 5.59. The van der Waals surface area contributed by atoms with Crippen molar-refractivity contribution in [1.82, 2.24) is 0 Å². The number of carbonyl (C=O) groups excluding carboxylic acids is 2. The minimum absolute atomic E-state index is 0.274. The van der Waals surface area contributed by atoms with Crippen molar-refractivity contribution in [2.24, 2.45) is 0 Å². The fourth-order valence-corrected chi connectivity index (χ4v) is 1.96. The van der Waals surface area contributed by atoms with E-state index in [0.29, 0.717) is 5.56 Å². The van der Waals surface area contributed by atoms with Gasteiger partial charge in [-0.15, -0.1) is 0 Å². The summed E-state index contributed by atoms with van der Waals surface area (Å²) in [6, 6.07) is 7.36. The molecule has 0 saturated heterocycles. The summed E-state index contributed by atoms with van der Waals surface area (Å²) in [7, 11) is 3.75. The van der Waals surface area contributed by atoms with Crippen LogP contribution in [0, 0.1) is 0 Å². The Balaban J connectivity index is 3.35. The van der Waals surface area contributed by atoms with Gasteiger partial charge in [0.2, 0.25) is 0 Å². The van der Waals surface area contributed by atoms with Crippen LogP contribution in [-0.2, 0) is 9.59 Å². The van der Waals surface area contributed by atoms with Crippen molar-refractivity contribution in [3.05, 3.63) is 67.3 Å². The lowest BCUT2D eigenvalue weighted by Gasteiger charge is -2.21. The highest BCUT2D eigenvalue weighted by molar-refractivity contribution is 6.16. The zero-order valence-electron chi connectivity index (χ0n) is 11.9. The molecule has 1 atom stereocenters. The van der Waals surface area contributed by atoms with E-state index < -0.39 is 5.92 Å². The highest BCUT2D eigenvalue weighted by Crippen LogP contribution is 2.28. The number of hydrogen-bond acceptors (Lipinski definition) is 3. The van der Waals surface area contributed by atoms with Crippen LogP contribution in [0.15, 0.2) is 61.7 Å². The van der Waals surface area contributed by atoms with Gasteiger partial charge >= 0.3 is 0 Å². The van der Waals surface area contributed by atoms with Crippen LogP contribution < -0.4 is 4.90 Å². The average Bonchev–Trinajstić information content (AvgIpc) is 2.45. The number of allylic oxidation sites excluding steroid dienone is 4. The molecule has 1 rings (SSSR count). The van der Waals surface area contributed by atoms with E-state index in [-0.39, 0.29) is 11.6 Å². The van der Waals surface area contributed by atoms with E-state index in [9.17, 15) is 9.59 Å². The number of anilines is 1. The van der Waals surface area contributed by atoms with Crippen molar-refractivity contribution in [3.63, 3.8) is 0 Å². The van der Waals surface area contributed by atoms with Crippen molar-refractivity contribution in [1.29, 1.82) is 0 Å². The third-order valence-electron chi connectivity index (χ3n) is 2.90. The van der Waals surface area contributed by atoms with Crippen LogP contribution in [0.2, 0.25) is 0 Å². The maximum absolute atomic E-state index is 12.3. The molecule has 0 heterocycles. The molecular formula is C17H19NO2. The Kier molecular flexibility index (Phi) is 5.66. The molecule has 3 nitrogen and oxygen atoms in total. The number of para-hydroxylation sites is 1. The number of carbonyl (C=O) groups is 2. The first-order valence-electron chi connectivity index (χ1n) is 6.28. The SMILES string of the molecule is C=CC=CC(=O)C(C(=O)C=C)c1ccccc1N(C)C. The van der Waals surface area contributed by atoms with Gasteiger partial charge in [-0.1, -0.05) is 43.5 Å². The van der Waals surface area contributed by atoms with E-state index in [1.54, 1.807) is 6.07 Å². The third kappa shape index (κ3) is 3.54. The molecule has 0 aliphatic rings. The average molecular weight is 269 g/mol. The molecule has 20 heavy (non-hydrogen) atoms. The van der Waals surface area contributed by atoms with E-state index in [0.717, 1.165) is 5.69 Å². The minimum Gasteiger partial charge on any atom is -0.377 e. The number of rotatable bonds is 7. The first kappa shape index (κ1) is 15.6. The molecule has 1 unspecified atom stereocenters. The molecule has 0 spiro atoms. The first-order chi connectivity index (χ1) is 9.52. The zero-order valence-corrected chi connectivity index (χ0v) is 11.9. The standard InChI is InChI=1S/C17H19NO2/c1-5-7-12-16(20)17(15(19)6-2)13-10-8-9-11-14(13)18(3)4/h5-12,17H,1-2H2,3-4H3. The second kappa shape index (κ2) is 7.24. The fraction of sp³-hybridized carbons (Fsp3) is 0.176. The van der Waals surface area contributed by atoms with Gasteiger partial charge in [0, 0.05) is 19.8 Å². The molecule has 0 aromatic heterocycles. The van der Waals surface area contributed by atoms with Crippen molar-refractivity contribution in [3.8, 4) is 0 Å². The second-order valence-corrected chi connectivity index (χ2v) is 4.49. The predicted octanol–water partition coefficient (Wildman–Crippen LogP) is 2.90. The largest absolute Gasteiger partial charge is 0.377 e. The second-order valence-electron chi connectivity index (χ2n) is 4.49. The number of nitrogens with zero attached hydrogens (tertiary/aromatic N) is 1. The molecule has 0 aliphatic carbocycles. The van der Waals surface area contributed by atoms with Gasteiger partial charge in [-0.05, 0) is 23.8 Å². The van der Waals surface area contributed by atoms with E-state index in [1.165, 1.54) is 24.3 Å². The predicted molar refractivity (Wildman–Crippen MR) is 83.1 cm³/mol. The van der Waals surface area contributed by atoms with Crippen LogP contribution in [-0.4, -0.2) is 25.7 Å². The topological polar surface area (TPSA) is 37.4 Å². The van der Waals surface area contributed by atoms with Crippen molar-refractivity contribution in [2.75, 3.05) is 19.0 Å². The van der Waals surface area contributed by atoms with E-state index in [1.807, 2.05) is 37.2 Å². The number of hydrogen-bond donors (Lipinski definition) is 0. The molecule has 0 fully saturated rings. The number of benzene rings is 1. The normalized spacial score (nSPS) is 11.9. The van der Waals surface area contributed by atoms with Gasteiger partial charge in [0.05, 0.1) is 0 Å². The van der Waals surface area contributed by atoms with Crippen LogP contribution in [0.1, 0.15) is 11.5 Å². The van der Waals surface area contributed by atoms with Gasteiger partial charge in [0.15, 0.2) is 11.6 Å². The summed E-state index contributed by atoms with van der Waals surface area (Å²) in [5, 5.41) is 0. The summed E-state index contributed by atoms with van der Waals surface area (Å²) in [4.78, 5) is 26.2. The molecule has 0 bridgehead atoms. The summed E-state index contributed by atoms with van der Waals surface area (Å²) in [6.45, 7) is 7.01. The zero-order chi connectivity index (χ0) is 15.1. The molecule has 0 radical (unpaired) electrons. The Bertz CT molecular complexity index is 556. The van der Waals surface area contributed by atoms with Crippen LogP contribution in [0.4, 0.5) is 5.69 Å². The Morgan fingerprint density at radius 2 is 1.80 bits per heavy atom. The van der Waals surface area contributed by atoms with Gasteiger partial charge in [0.25, 0.3) is 0 Å². The molecule has 104 valence electrons. The summed E-state index contributed by atoms with van der Waals surface area (Å²) < 4.78 is 0. The van der Waals surface area contributed by atoms with Crippen LogP contribution in [0.3, 0.4) is 0 Å². The van der Waals surface area contributed by atoms with E-state index >= 15 is 0 Å². The molecule has 0 saturated carbocycles. The molecule has 3 heteroatoms. The van der Waals surface area contributed by atoms with Crippen LogP contribution in [0.25, 0.3) is 0 Å².